The number of aliphatic imine (C=N–C) groups is 1. The van der Waals surface area contributed by atoms with Gasteiger partial charge in [0, 0.05) is 24.5 Å². The van der Waals surface area contributed by atoms with Crippen molar-refractivity contribution in [1.82, 2.24) is 5.32 Å². The van der Waals surface area contributed by atoms with Crippen LogP contribution in [0, 0.1) is 0 Å². The Kier molecular flexibility index (Phi) is 5.53. The maximum atomic E-state index is 4.25. The first-order valence-corrected chi connectivity index (χ1v) is 4.13. The van der Waals surface area contributed by atoms with Crippen LogP contribution in [0.3, 0.4) is 0 Å². The van der Waals surface area contributed by atoms with E-state index in [4.69, 9.17) is 0 Å². The molecule has 0 bridgehead atoms. The molecular formula is C9H18N2. The Hall–Kier alpha value is -0.790. The molecule has 1 N–H and O–H groups in total. The van der Waals surface area contributed by atoms with Crippen LogP contribution in [-0.4, -0.2) is 18.8 Å². The minimum atomic E-state index is 0.863. The normalized spacial score (nSPS) is 13.5. The van der Waals surface area contributed by atoms with Gasteiger partial charge in [0.2, 0.25) is 0 Å². The molecule has 0 unspecified atom stereocenters. The third-order valence-electron chi connectivity index (χ3n) is 1.29. The molecule has 0 saturated heterocycles. The van der Waals surface area contributed by atoms with E-state index in [2.05, 4.69) is 30.2 Å². The number of rotatable bonds is 4. The molecule has 0 aromatic rings. The number of nitrogens with one attached hydrogen (secondary N) is 1. The maximum Gasteiger partial charge on any atom is 0.0364 e. The summed E-state index contributed by atoms with van der Waals surface area (Å²) in [6.07, 6.45) is 2.06. The van der Waals surface area contributed by atoms with Gasteiger partial charge >= 0.3 is 0 Å². The second-order valence-corrected chi connectivity index (χ2v) is 2.47. The lowest BCUT2D eigenvalue weighted by Gasteiger charge is -2.01. The highest BCUT2D eigenvalue weighted by atomic mass is 14.9. The first kappa shape index (κ1) is 10.2. The van der Waals surface area contributed by atoms with Crippen LogP contribution in [0.5, 0.6) is 0 Å². The molecule has 0 aliphatic heterocycles. The van der Waals surface area contributed by atoms with Crippen molar-refractivity contribution < 1.29 is 0 Å². The van der Waals surface area contributed by atoms with E-state index < -0.39 is 0 Å². The summed E-state index contributed by atoms with van der Waals surface area (Å²) in [7, 11) is 0. The second kappa shape index (κ2) is 5.96. The molecule has 64 valence electrons. The fourth-order valence-electron chi connectivity index (χ4n) is 0.938. The van der Waals surface area contributed by atoms with E-state index in [1.165, 1.54) is 5.70 Å². The van der Waals surface area contributed by atoms with Crippen LogP contribution in [0.2, 0.25) is 0 Å². The van der Waals surface area contributed by atoms with Gasteiger partial charge in [-0.1, -0.05) is 0 Å². The van der Waals surface area contributed by atoms with E-state index in [0.717, 1.165) is 18.8 Å². The third kappa shape index (κ3) is 5.64. The fraction of sp³-hybridized carbons (Fsp3) is 0.667. The van der Waals surface area contributed by atoms with Crippen molar-refractivity contribution in [2.45, 2.75) is 27.7 Å². The van der Waals surface area contributed by atoms with E-state index in [1.807, 2.05) is 13.8 Å². The van der Waals surface area contributed by atoms with Crippen LogP contribution >= 0.6 is 0 Å². The predicted molar refractivity (Wildman–Crippen MR) is 51.1 cm³/mol. The summed E-state index contributed by atoms with van der Waals surface area (Å²) in [5.41, 5.74) is 2.27. The standard InChI is InChI=1S/C9H18N2/c1-5-10-8(3)7-9(4)11-6-2/h7,10H,5-6H2,1-4H3/b8-7-,11-9?. The Morgan fingerprint density at radius 1 is 1.36 bits per heavy atom. The highest BCUT2D eigenvalue weighted by Gasteiger charge is 1.86. The molecule has 0 saturated carbocycles. The summed E-state index contributed by atoms with van der Waals surface area (Å²) >= 11 is 0. The molecule has 0 aliphatic carbocycles. The molecule has 11 heavy (non-hydrogen) atoms. The molecule has 0 atom stereocenters. The molecular weight excluding hydrogens is 136 g/mol. The Bertz CT molecular complexity index is 157. The van der Waals surface area contributed by atoms with E-state index in [1.54, 1.807) is 0 Å². The zero-order valence-electron chi connectivity index (χ0n) is 7.94. The monoisotopic (exact) mass is 154 g/mol. The largest absolute Gasteiger partial charge is 0.389 e. The molecule has 0 spiro atoms. The molecule has 0 aliphatic rings. The van der Waals surface area contributed by atoms with Crippen molar-refractivity contribution in [3.63, 3.8) is 0 Å². The lowest BCUT2D eigenvalue weighted by atomic mass is 10.3. The van der Waals surface area contributed by atoms with Gasteiger partial charge in [0.1, 0.15) is 0 Å². The van der Waals surface area contributed by atoms with Crippen LogP contribution in [0.15, 0.2) is 16.8 Å². The second-order valence-electron chi connectivity index (χ2n) is 2.47. The van der Waals surface area contributed by atoms with Gasteiger partial charge < -0.3 is 5.32 Å². The van der Waals surface area contributed by atoms with E-state index in [0.29, 0.717) is 0 Å². The molecule has 0 heterocycles. The number of hydrogen-bond donors (Lipinski definition) is 1. The summed E-state index contributed by atoms with van der Waals surface area (Å²) in [6, 6.07) is 0. The van der Waals surface area contributed by atoms with Crippen molar-refractivity contribution in [2.24, 2.45) is 4.99 Å². The minimum Gasteiger partial charge on any atom is -0.389 e. The molecule has 0 radical (unpaired) electrons. The molecule has 0 fully saturated rings. The van der Waals surface area contributed by atoms with Gasteiger partial charge in [-0.2, -0.15) is 0 Å². The van der Waals surface area contributed by atoms with Gasteiger partial charge in [-0.3, -0.25) is 4.99 Å². The van der Waals surface area contributed by atoms with Crippen molar-refractivity contribution >= 4 is 5.71 Å². The van der Waals surface area contributed by atoms with Gasteiger partial charge in [0.05, 0.1) is 0 Å². The number of allylic oxidation sites excluding steroid dienone is 2. The first-order chi connectivity index (χ1) is 5.20. The quantitative estimate of drug-likeness (QED) is 0.615. The average molecular weight is 154 g/mol. The van der Waals surface area contributed by atoms with Crippen LogP contribution in [0.4, 0.5) is 0 Å². The van der Waals surface area contributed by atoms with Crippen molar-refractivity contribution in [3.8, 4) is 0 Å². The number of nitrogens with zero attached hydrogens (tertiary/aromatic N) is 1. The van der Waals surface area contributed by atoms with Crippen molar-refractivity contribution in [3.05, 3.63) is 11.8 Å². The van der Waals surface area contributed by atoms with Gasteiger partial charge in [0.25, 0.3) is 0 Å². The topological polar surface area (TPSA) is 24.4 Å². The zero-order chi connectivity index (χ0) is 8.69. The molecule has 2 heteroatoms. The van der Waals surface area contributed by atoms with Crippen LogP contribution in [0.1, 0.15) is 27.7 Å². The lowest BCUT2D eigenvalue weighted by Crippen LogP contribution is -2.10. The Morgan fingerprint density at radius 3 is 2.45 bits per heavy atom. The Morgan fingerprint density at radius 2 is 2.00 bits per heavy atom. The van der Waals surface area contributed by atoms with Gasteiger partial charge in [-0.05, 0) is 33.8 Å². The Balaban J connectivity index is 3.96. The average Bonchev–Trinajstić information content (AvgIpc) is 1.87. The fourth-order valence-corrected chi connectivity index (χ4v) is 0.938. The summed E-state index contributed by atoms with van der Waals surface area (Å²) in [5.74, 6) is 0. The third-order valence-corrected chi connectivity index (χ3v) is 1.29. The summed E-state index contributed by atoms with van der Waals surface area (Å²) < 4.78 is 0. The van der Waals surface area contributed by atoms with Crippen LogP contribution < -0.4 is 5.32 Å². The number of hydrogen-bond acceptors (Lipinski definition) is 2. The molecule has 0 amide bonds. The SMILES string of the molecule is CCN=C(C)/C=C(/C)NCC. The van der Waals surface area contributed by atoms with Gasteiger partial charge in [0.15, 0.2) is 0 Å². The van der Waals surface area contributed by atoms with Crippen molar-refractivity contribution in [2.75, 3.05) is 13.1 Å². The minimum absolute atomic E-state index is 0.863. The van der Waals surface area contributed by atoms with Crippen LogP contribution in [0.25, 0.3) is 0 Å². The lowest BCUT2D eigenvalue weighted by molar-refractivity contribution is 0.855. The molecule has 0 aromatic carbocycles. The summed E-state index contributed by atoms with van der Waals surface area (Å²) in [6.45, 7) is 10.0. The smallest absolute Gasteiger partial charge is 0.0364 e. The maximum absolute atomic E-state index is 4.25. The Labute approximate surface area is 69.4 Å². The van der Waals surface area contributed by atoms with Crippen molar-refractivity contribution in [1.29, 1.82) is 0 Å². The predicted octanol–water partition coefficient (Wildman–Crippen LogP) is 1.98. The molecule has 0 aromatic heterocycles. The highest BCUT2D eigenvalue weighted by molar-refractivity contribution is 5.93. The summed E-state index contributed by atoms with van der Waals surface area (Å²) in [5, 5.41) is 3.22. The first-order valence-electron chi connectivity index (χ1n) is 4.13. The summed E-state index contributed by atoms with van der Waals surface area (Å²) in [4.78, 5) is 4.25. The molecule has 2 nitrogen and oxygen atoms in total. The molecule has 0 rings (SSSR count). The van der Waals surface area contributed by atoms with E-state index in [-0.39, 0.29) is 0 Å². The van der Waals surface area contributed by atoms with Crippen LogP contribution in [-0.2, 0) is 0 Å². The van der Waals surface area contributed by atoms with E-state index >= 15 is 0 Å². The van der Waals surface area contributed by atoms with Gasteiger partial charge in [-0.25, -0.2) is 0 Å². The zero-order valence-corrected chi connectivity index (χ0v) is 7.94. The van der Waals surface area contributed by atoms with Gasteiger partial charge in [-0.15, -0.1) is 0 Å². The highest BCUT2D eigenvalue weighted by Crippen LogP contribution is 1.88. The van der Waals surface area contributed by atoms with E-state index in [9.17, 15) is 0 Å².